The van der Waals surface area contributed by atoms with E-state index >= 15 is 0 Å². The fraction of sp³-hybridized carbons (Fsp3) is 0.538. The molecule has 0 aliphatic heterocycles. The Morgan fingerprint density at radius 1 is 1.14 bits per heavy atom. The SMILES string of the molecule is CC.CC.CCc1cc[c-]c(C)c1.[Y]. The predicted molar refractivity (Wildman–Crippen MR) is 62.1 cm³/mol. The molecule has 1 rings (SSSR count). The van der Waals surface area contributed by atoms with Crippen molar-refractivity contribution in [3.8, 4) is 0 Å². The number of hydrogen-bond donors (Lipinski definition) is 0. The topological polar surface area (TPSA) is 0 Å². The Balaban J connectivity index is -0.000000216. The van der Waals surface area contributed by atoms with E-state index in [0.29, 0.717) is 0 Å². The Kier molecular flexibility index (Phi) is 22.4. The second kappa shape index (κ2) is 15.8. The fourth-order valence-electron chi connectivity index (χ4n) is 0.868. The molecule has 0 aromatic heterocycles. The van der Waals surface area contributed by atoms with Crippen LogP contribution in [-0.2, 0) is 39.1 Å². The standard InChI is InChI=1S/C9H11.2C2H6.Y/c1-3-9-6-4-5-8(2)7-9;2*1-2;/h4,6-7H,3H2,1-2H3;2*1-2H3;/q-1;;;. The van der Waals surface area contributed by atoms with Gasteiger partial charge < -0.3 is 0 Å². The minimum atomic E-state index is 0. The van der Waals surface area contributed by atoms with E-state index in [0.717, 1.165) is 6.42 Å². The van der Waals surface area contributed by atoms with Crippen molar-refractivity contribution in [3.05, 3.63) is 35.4 Å². The summed E-state index contributed by atoms with van der Waals surface area (Å²) in [5.41, 5.74) is 2.63. The van der Waals surface area contributed by atoms with Gasteiger partial charge in [0.05, 0.1) is 0 Å². The third kappa shape index (κ3) is 10.4. The summed E-state index contributed by atoms with van der Waals surface area (Å²) >= 11 is 0. The summed E-state index contributed by atoms with van der Waals surface area (Å²) in [5.74, 6) is 0. The molecule has 0 saturated carbocycles. The van der Waals surface area contributed by atoms with E-state index in [1.807, 2.05) is 33.8 Å². The summed E-state index contributed by atoms with van der Waals surface area (Å²) < 4.78 is 0. The first-order valence-corrected chi connectivity index (χ1v) is 5.30. The van der Waals surface area contributed by atoms with Crippen LogP contribution in [0.4, 0.5) is 0 Å². The minimum absolute atomic E-state index is 0. The maximum absolute atomic E-state index is 3.11. The number of hydrogen-bond acceptors (Lipinski definition) is 0. The molecule has 0 heterocycles. The third-order valence-electron chi connectivity index (χ3n) is 1.42. The van der Waals surface area contributed by atoms with Crippen molar-refractivity contribution in [2.45, 2.75) is 48.0 Å². The maximum Gasteiger partial charge on any atom is 0 e. The quantitative estimate of drug-likeness (QED) is 0.662. The van der Waals surface area contributed by atoms with Gasteiger partial charge in [-0.05, 0) is 0 Å². The Morgan fingerprint density at radius 3 is 1.93 bits per heavy atom. The van der Waals surface area contributed by atoms with E-state index in [1.54, 1.807) is 0 Å². The molecular formula is C13H23Y-. The van der Waals surface area contributed by atoms with Crippen LogP contribution < -0.4 is 0 Å². The summed E-state index contributed by atoms with van der Waals surface area (Å²) in [5, 5.41) is 0. The smallest absolute Gasteiger partial charge is 0 e. The zero-order valence-corrected chi connectivity index (χ0v) is 13.4. The van der Waals surface area contributed by atoms with Gasteiger partial charge in [0.2, 0.25) is 0 Å². The van der Waals surface area contributed by atoms with Crippen molar-refractivity contribution in [2.75, 3.05) is 0 Å². The molecule has 0 spiro atoms. The molecule has 1 radical (unpaired) electrons. The molecule has 0 aliphatic rings. The van der Waals surface area contributed by atoms with Crippen LogP contribution in [-0.4, -0.2) is 0 Å². The normalized spacial score (nSPS) is 7.00. The first kappa shape index (κ1) is 19.8. The molecular weight excluding hydrogens is 245 g/mol. The molecule has 1 aromatic rings. The van der Waals surface area contributed by atoms with Crippen molar-refractivity contribution in [1.82, 2.24) is 0 Å². The molecule has 0 N–H and O–H groups in total. The van der Waals surface area contributed by atoms with Crippen LogP contribution in [0, 0.1) is 13.0 Å². The second-order valence-electron chi connectivity index (χ2n) is 2.23. The van der Waals surface area contributed by atoms with Gasteiger partial charge in [-0.15, -0.1) is 0 Å². The molecule has 79 valence electrons. The van der Waals surface area contributed by atoms with Crippen molar-refractivity contribution >= 4 is 0 Å². The van der Waals surface area contributed by atoms with Crippen molar-refractivity contribution in [2.24, 2.45) is 0 Å². The Bertz CT molecular complexity index is 194. The van der Waals surface area contributed by atoms with Gasteiger partial charge in [-0.1, -0.05) is 48.0 Å². The van der Waals surface area contributed by atoms with Crippen LogP contribution in [0.25, 0.3) is 0 Å². The average molecular weight is 268 g/mol. The molecule has 0 nitrogen and oxygen atoms in total. The number of rotatable bonds is 1. The van der Waals surface area contributed by atoms with Gasteiger partial charge in [0.15, 0.2) is 0 Å². The van der Waals surface area contributed by atoms with Gasteiger partial charge in [-0.25, -0.2) is 0 Å². The Hall–Kier alpha value is 0.324. The summed E-state index contributed by atoms with van der Waals surface area (Å²) in [6, 6.07) is 9.36. The maximum atomic E-state index is 3.11. The van der Waals surface area contributed by atoms with Gasteiger partial charge >= 0.3 is 0 Å². The number of aryl methyl sites for hydroxylation is 2. The molecule has 1 heteroatoms. The van der Waals surface area contributed by atoms with E-state index in [9.17, 15) is 0 Å². The van der Waals surface area contributed by atoms with E-state index in [2.05, 4.69) is 32.0 Å². The average Bonchev–Trinajstić information content (AvgIpc) is 2.24. The van der Waals surface area contributed by atoms with Crippen LogP contribution in [0.15, 0.2) is 18.2 Å². The summed E-state index contributed by atoms with van der Waals surface area (Å²) in [6.45, 7) is 12.2. The predicted octanol–water partition coefficient (Wildman–Crippen LogP) is 4.41. The van der Waals surface area contributed by atoms with Crippen molar-refractivity contribution in [3.63, 3.8) is 0 Å². The van der Waals surface area contributed by atoms with E-state index in [1.165, 1.54) is 11.1 Å². The van der Waals surface area contributed by atoms with Gasteiger partial charge in [-0.2, -0.15) is 35.4 Å². The molecule has 1 aromatic carbocycles. The van der Waals surface area contributed by atoms with Crippen LogP contribution in [0.1, 0.15) is 45.7 Å². The third-order valence-corrected chi connectivity index (χ3v) is 1.42. The van der Waals surface area contributed by atoms with E-state index in [-0.39, 0.29) is 32.7 Å². The zero-order valence-electron chi connectivity index (χ0n) is 10.5. The minimum Gasteiger partial charge on any atom is -0.181 e. The van der Waals surface area contributed by atoms with Crippen molar-refractivity contribution < 1.29 is 32.7 Å². The Labute approximate surface area is 115 Å². The summed E-state index contributed by atoms with van der Waals surface area (Å²) in [4.78, 5) is 0. The van der Waals surface area contributed by atoms with Crippen LogP contribution in [0.2, 0.25) is 0 Å². The van der Waals surface area contributed by atoms with Crippen LogP contribution >= 0.6 is 0 Å². The van der Waals surface area contributed by atoms with Crippen LogP contribution in [0.3, 0.4) is 0 Å². The van der Waals surface area contributed by atoms with Gasteiger partial charge in [0, 0.05) is 32.7 Å². The van der Waals surface area contributed by atoms with E-state index in [4.69, 9.17) is 0 Å². The summed E-state index contributed by atoms with van der Waals surface area (Å²) in [6.07, 6.45) is 1.12. The molecule has 0 atom stereocenters. The Morgan fingerprint density at radius 2 is 1.64 bits per heavy atom. The van der Waals surface area contributed by atoms with E-state index < -0.39 is 0 Å². The first-order valence-electron chi connectivity index (χ1n) is 5.30. The molecule has 0 saturated heterocycles. The summed E-state index contributed by atoms with van der Waals surface area (Å²) in [7, 11) is 0. The molecule has 0 bridgehead atoms. The molecule has 0 amide bonds. The molecule has 0 fully saturated rings. The van der Waals surface area contributed by atoms with Gasteiger partial charge in [0.1, 0.15) is 0 Å². The van der Waals surface area contributed by atoms with Crippen molar-refractivity contribution in [1.29, 1.82) is 0 Å². The first-order chi connectivity index (χ1) is 6.33. The largest absolute Gasteiger partial charge is 0.181 e. The van der Waals surface area contributed by atoms with Gasteiger partial charge in [0.25, 0.3) is 0 Å². The second-order valence-corrected chi connectivity index (χ2v) is 2.23. The molecule has 0 aliphatic carbocycles. The zero-order chi connectivity index (χ0) is 10.7. The number of benzene rings is 1. The van der Waals surface area contributed by atoms with Crippen LogP contribution in [0.5, 0.6) is 0 Å². The molecule has 14 heavy (non-hydrogen) atoms. The molecule has 0 unspecified atom stereocenters. The monoisotopic (exact) mass is 268 g/mol. The fourth-order valence-corrected chi connectivity index (χ4v) is 0.868. The van der Waals surface area contributed by atoms with Gasteiger partial charge in [-0.3, -0.25) is 0 Å².